The van der Waals surface area contributed by atoms with Crippen LogP contribution in [0.3, 0.4) is 0 Å². The Morgan fingerprint density at radius 2 is 0.714 bits per heavy atom. The third-order valence-corrected chi connectivity index (χ3v) is 3.18. The molecule has 1 nitrogen and oxygen atoms in total. The first-order chi connectivity index (χ1) is 11.8. The summed E-state index contributed by atoms with van der Waals surface area (Å²) in [6.45, 7) is -3.34. The van der Waals surface area contributed by atoms with Gasteiger partial charge in [-0.1, -0.05) is 0 Å². The first-order valence-corrected chi connectivity index (χ1v) is 6.11. The lowest BCUT2D eigenvalue weighted by Crippen LogP contribution is -2.69. The van der Waals surface area contributed by atoms with Crippen LogP contribution in [0.25, 0.3) is 0 Å². The normalized spacial score (nSPS) is 17.2. The van der Waals surface area contributed by atoms with Crippen molar-refractivity contribution in [3.8, 4) is 0 Å². The van der Waals surface area contributed by atoms with Crippen molar-refractivity contribution in [2.75, 3.05) is 6.61 Å². The van der Waals surface area contributed by atoms with Gasteiger partial charge in [0.15, 0.2) is 5.92 Å². The van der Waals surface area contributed by atoms with Crippen LogP contribution in [-0.2, 0) is 0 Å². The largest absolute Gasteiger partial charge is 0.406 e. The molecule has 0 rings (SSSR count). The molecule has 0 heterocycles. The van der Waals surface area contributed by atoms with Crippen molar-refractivity contribution < 1.29 is 79.7 Å². The minimum absolute atomic E-state index is 3.34. The van der Waals surface area contributed by atoms with Gasteiger partial charge < -0.3 is 5.11 Å². The Morgan fingerprint density at radius 3 is 0.929 bits per heavy atom. The molecule has 0 aliphatic heterocycles. The minimum Gasteiger partial charge on any atom is -0.390 e. The summed E-state index contributed by atoms with van der Waals surface area (Å²) in [6, 6.07) is 0. The standard InChI is InChI=1S/C10H5F17O/c11-4(12,1-28)2(7(17,18)19)5(13,14)10(26,27)6(15,16)3(8(20,21)22)9(23,24)25/h2-3,28H,1H2. The number of aliphatic hydroxyl groups is 1. The average Bonchev–Trinajstić information content (AvgIpc) is 2.30. The molecule has 0 radical (unpaired) electrons. The Balaban J connectivity index is 6.81. The zero-order chi connectivity index (χ0) is 23.4. The van der Waals surface area contributed by atoms with Crippen LogP contribution < -0.4 is 0 Å². The third kappa shape index (κ3) is 4.50. The van der Waals surface area contributed by atoms with Gasteiger partial charge in [0.25, 0.3) is 5.92 Å². The van der Waals surface area contributed by atoms with E-state index in [4.69, 9.17) is 5.11 Å². The topological polar surface area (TPSA) is 20.2 Å². The van der Waals surface area contributed by atoms with Crippen LogP contribution in [0.2, 0.25) is 0 Å². The molecule has 0 aromatic rings. The zero-order valence-corrected chi connectivity index (χ0v) is 12.2. The van der Waals surface area contributed by atoms with Gasteiger partial charge in [-0.05, 0) is 0 Å². The molecule has 0 saturated heterocycles. The van der Waals surface area contributed by atoms with E-state index in [1.54, 1.807) is 0 Å². The van der Waals surface area contributed by atoms with E-state index < -0.39 is 60.7 Å². The Labute approximate surface area is 142 Å². The van der Waals surface area contributed by atoms with Crippen molar-refractivity contribution in [3.63, 3.8) is 0 Å². The molecule has 0 aliphatic rings. The van der Waals surface area contributed by atoms with Gasteiger partial charge >= 0.3 is 36.3 Å². The number of rotatable bonds is 6. The molecule has 0 aromatic heterocycles. The van der Waals surface area contributed by atoms with Gasteiger partial charge in [-0.25, -0.2) is 8.78 Å². The Hall–Kier alpha value is -1.23. The Kier molecular flexibility index (Phi) is 6.62. The summed E-state index contributed by atoms with van der Waals surface area (Å²) in [4.78, 5) is 0. The van der Waals surface area contributed by atoms with Crippen molar-refractivity contribution >= 4 is 0 Å². The molecule has 0 aliphatic carbocycles. The van der Waals surface area contributed by atoms with Crippen LogP contribution >= 0.6 is 0 Å². The van der Waals surface area contributed by atoms with E-state index >= 15 is 0 Å². The van der Waals surface area contributed by atoms with E-state index in [1.165, 1.54) is 0 Å². The van der Waals surface area contributed by atoms with Gasteiger partial charge in [-0.2, -0.15) is 65.9 Å². The molecule has 0 aromatic carbocycles. The Morgan fingerprint density at radius 1 is 0.464 bits per heavy atom. The van der Waals surface area contributed by atoms with Crippen molar-refractivity contribution in [1.29, 1.82) is 0 Å². The lowest BCUT2D eigenvalue weighted by molar-refractivity contribution is -0.427. The Bertz CT molecular complexity index is 524. The van der Waals surface area contributed by atoms with Crippen LogP contribution in [0.1, 0.15) is 0 Å². The summed E-state index contributed by atoms with van der Waals surface area (Å²) in [5, 5.41) is 7.95. The van der Waals surface area contributed by atoms with E-state index in [-0.39, 0.29) is 0 Å². The predicted molar refractivity (Wildman–Crippen MR) is 52.0 cm³/mol. The molecule has 170 valence electrons. The highest BCUT2D eigenvalue weighted by Crippen LogP contribution is 2.62. The molecule has 0 amide bonds. The maximum atomic E-state index is 13.4. The maximum Gasteiger partial charge on any atom is 0.406 e. The summed E-state index contributed by atoms with van der Waals surface area (Å²) in [6.07, 6.45) is -22.2. The van der Waals surface area contributed by atoms with Crippen LogP contribution in [-0.4, -0.2) is 53.9 Å². The van der Waals surface area contributed by atoms with Crippen LogP contribution in [0.15, 0.2) is 0 Å². The van der Waals surface area contributed by atoms with Gasteiger partial charge in [0.05, 0.1) is 0 Å². The summed E-state index contributed by atoms with van der Waals surface area (Å²) in [7, 11) is 0. The molecule has 1 unspecified atom stereocenters. The summed E-state index contributed by atoms with van der Waals surface area (Å²) in [5.41, 5.74) is 0. The minimum atomic E-state index is -8.26. The van der Waals surface area contributed by atoms with Crippen molar-refractivity contribution in [2.45, 2.75) is 42.2 Å². The fourth-order valence-electron chi connectivity index (χ4n) is 1.98. The lowest BCUT2D eigenvalue weighted by Gasteiger charge is -2.42. The van der Waals surface area contributed by atoms with Crippen LogP contribution in [0.4, 0.5) is 74.6 Å². The molecular weight excluding hydrogens is 459 g/mol. The van der Waals surface area contributed by atoms with E-state index in [0.29, 0.717) is 0 Å². The summed E-state index contributed by atoms with van der Waals surface area (Å²) >= 11 is 0. The van der Waals surface area contributed by atoms with Crippen molar-refractivity contribution in [1.82, 2.24) is 0 Å². The first-order valence-electron chi connectivity index (χ1n) is 6.11. The molecule has 18 heteroatoms. The summed E-state index contributed by atoms with van der Waals surface area (Å²) in [5.74, 6) is -43.6. The first kappa shape index (κ1) is 26.8. The third-order valence-electron chi connectivity index (χ3n) is 3.18. The number of aliphatic hydroxyl groups excluding tert-OH is 1. The predicted octanol–water partition coefficient (Wildman–Crippen LogP) is 5.44. The molecule has 0 spiro atoms. The van der Waals surface area contributed by atoms with Gasteiger partial charge in [0.2, 0.25) is 5.92 Å². The number of hydrogen-bond donors (Lipinski definition) is 1. The second-order valence-electron chi connectivity index (χ2n) is 5.23. The SMILES string of the molecule is OCC(F)(F)C(C(F)(F)F)C(F)(F)C(F)(F)C(F)(F)C(C(F)(F)F)C(F)(F)F. The smallest absolute Gasteiger partial charge is 0.390 e. The average molecular weight is 464 g/mol. The summed E-state index contributed by atoms with van der Waals surface area (Å²) < 4.78 is 216. The van der Waals surface area contributed by atoms with Crippen LogP contribution in [0.5, 0.6) is 0 Å². The van der Waals surface area contributed by atoms with E-state index in [9.17, 15) is 74.6 Å². The molecule has 1 atom stereocenters. The molecular formula is C10H5F17O. The number of hydrogen-bond acceptors (Lipinski definition) is 1. The highest BCUT2D eigenvalue weighted by atomic mass is 19.4. The number of alkyl halides is 17. The highest BCUT2D eigenvalue weighted by Gasteiger charge is 2.87. The van der Waals surface area contributed by atoms with E-state index in [1.807, 2.05) is 0 Å². The second kappa shape index (κ2) is 6.93. The lowest BCUT2D eigenvalue weighted by atomic mass is 9.82. The zero-order valence-electron chi connectivity index (χ0n) is 12.2. The fraction of sp³-hybridized carbons (Fsp3) is 1.00. The molecule has 0 saturated carbocycles. The highest BCUT2D eigenvalue weighted by molar-refractivity contribution is 5.09. The monoisotopic (exact) mass is 464 g/mol. The van der Waals surface area contributed by atoms with Crippen molar-refractivity contribution in [3.05, 3.63) is 0 Å². The van der Waals surface area contributed by atoms with Gasteiger partial charge in [-0.15, -0.1) is 0 Å². The molecule has 1 N–H and O–H groups in total. The van der Waals surface area contributed by atoms with Crippen molar-refractivity contribution in [2.24, 2.45) is 11.8 Å². The molecule has 0 fully saturated rings. The van der Waals surface area contributed by atoms with Gasteiger partial charge in [0.1, 0.15) is 6.61 Å². The molecule has 28 heavy (non-hydrogen) atoms. The number of halogens is 17. The van der Waals surface area contributed by atoms with E-state index in [2.05, 4.69) is 0 Å². The molecule has 0 bridgehead atoms. The fourth-order valence-corrected chi connectivity index (χ4v) is 1.98. The maximum absolute atomic E-state index is 13.4. The van der Waals surface area contributed by atoms with Gasteiger partial charge in [0, 0.05) is 0 Å². The second-order valence-corrected chi connectivity index (χ2v) is 5.23. The van der Waals surface area contributed by atoms with E-state index in [0.717, 1.165) is 0 Å². The quantitative estimate of drug-likeness (QED) is 0.520. The van der Waals surface area contributed by atoms with Gasteiger partial charge in [-0.3, -0.25) is 0 Å². The van der Waals surface area contributed by atoms with Crippen LogP contribution in [0, 0.1) is 11.8 Å².